The van der Waals surface area contributed by atoms with Crippen molar-refractivity contribution in [3.8, 4) is 17.6 Å². The monoisotopic (exact) mass is 414 g/mol. The van der Waals surface area contributed by atoms with Crippen LogP contribution < -0.4 is 4.74 Å². The zero-order chi connectivity index (χ0) is 20.5. The molecule has 0 N–H and O–H groups in total. The first-order valence-electron chi connectivity index (χ1n) is 10.0. The van der Waals surface area contributed by atoms with Gasteiger partial charge in [0, 0.05) is 22.5 Å². The molecule has 30 heavy (non-hydrogen) atoms. The van der Waals surface area contributed by atoms with E-state index in [2.05, 4.69) is 6.07 Å². The van der Waals surface area contributed by atoms with E-state index in [-0.39, 0.29) is 0 Å². The molecule has 1 aliphatic carbocycles. The van der Waals surface area contributed by atoms with Gasteiger partial charge in [0.05, 0.1) is 22.7 Å². The van der Waals surface area contributed by atoms with Crippen LogP contribution >= 0.6 is 11.6 Å². The van der Waals surface area contributed by atoms with Crippen LogP contribution in [0.4, 0.5) is 0 Å². The van der Waals surface area contributed by atoms with Gasteiger partial charge in [-0.2, -0.15) is 15.0 Å². The Hall–Kier alpha value is -3.36. The molecule has 2 aromatic carbocycles. The molecule has 0 atom stereocenters. The molecule has 6 heteroatoms. The summed E-state index contributed by atoms with van der Waals surface area (Å²) in [5.74, 6) is 0.664. The van der Waals surface area contributed by atoms with Gasteiger partial charge < -0.3 is 4.74 Å². The molecule has 0 spiro atoms. The molecule has 0 fully saturated rings. The summed E-state index contributed by atoms with van der Waals surface area (Å²) in [6.07, 6.45) is 6.20. The molecule has 0 bridgehead atoms. The van der Waals surface area contributed by atoms with Crippen molar-refractivity contribution in [1.82, 2.24) is 14.8 Å². The Kier molecular flexibility index (Phi) is 4.86. The highest BCUT2D eigenvalue weighted by atomic mass is 35.5. The molecule has 148 valence electrons. The second kappa shape index (κ2) is 7.81. The Morgan fingerprint density at radius 3 is 2.57 bits per heavy atom. The van der Waals surface area contributed by atoms with Crippen LogP contribution in [0.3, 0.4) is 0 Å². The van der Waals surface area contributed by atoms with Gasteiger partial charge in [-0.05, 0) is 67.6 Å². The number of pyridine rings is 1. The van der Waals surface area contributed by atoms with Gasteiger partial charge in [-0.1, -0.05) is 23.7 Å². The van der Waals surface area contributed by atoms with Crippen LogP contribution in [0.2, 0.25) is 5.02 Å². The van der Waals surface area contributed by atoms with E-state index in [0.717, 1.165) is 47.1 Å². The van der Waals surface area contributed by atoms with Crippen molar-refractivity contribution in [2.24, 2.45) is 0 Å². The molecule has 5 rings (SSSR count). The summed E-state index contributed by atoms with van der Waals surface area (Å²) in [5.41, 5.74) is 5.84. The summed E-state index contributed by atoms with van der Waals surface area (Å²) < 4.78 is 8.10. The lowest BCUT2D eigenvalue weighted by Crippen LogP contribution is -2.05. The third-order valence-corrected chi connectivity index (χ3v) is 5.73. The average Bonchev–Trinajstić information content (AvgIpc) is 3.17. The highest BCUT2D eigenvalue weighted by Gasteiger charge is 2.22. The predicted molar refractivity (Wildman–Crippen MR) is 116 cm³/mol. The Bertz CT molecular complexity index is 1250. The first-order valence-corrected chi connectivity index (χ1v) is 10.4. The third kappa shape index (κ3) is 3.40. The summed E-state index contributed by atoms with van der Waals surface area (Å²) in [4.78, 5) is 4.72. The summed E-state index contributed by atoms with van der Waals surface area (Å²) in [7, 11) is 0. The van der Waals surface area contributed by atoms with Crippen LogP contribution in [0.25, 0.3) is 16.6 Å². The van der Waals surface area contributed by atoms with Crippen LogP contribution in [0, 0.1) is 11.3 Å². The molecule has 5 nitrogen and oxygen atoms in total. The van der Waals surface area contributed by atoms with Gasteiger partial charge in [0.2, 0.25) is 5.88 Å². The van der Waals surface area contributed by atoms with Gasteiger partial charge in [0.1, 0.15) is 12.1 Å². The van der Waals surface area contributed by atoms with E-state index in [9.17, 15) is 0 Å². The summed E-state index contributed by atoms with van der Waals surface area (Å²) in [6, 6.07) is 17.1. The standard InChI is InChI=1S/C24H19ClN4O/c25-18-9-11-19(12-10-18)29-24(30-15-17-7-5-16(13-26)6-8-17)21-14-27-22-4-2-1-3-20(22)23(21)28-29/h5-12,14H,1-4,15H2. The summed E-state index contributed by atoms with van der Waals surface area (Å²) >= 11 is 6.08. The lowest BCUT2D eigenvalue weighted by Gasteiger charge is -2.14. The second-order valence-corrected chi connectivity index (χ2v) is 7.88. The number of nitriles is 1. The van der Waals surface area contributed by atoms with E-state index in [1.807, 2.05) is 47.3 Å². The molecule has 0 unspecified atom stereocenters. The maximum atomic E-state index is 9.00. The fourth-order valence-electron chi connectivity index (χ4n) is 3.91. The van der Waals surface area contributed by atoms with Gasteiger partial charge in [0.15, 0.2) is 0 Å². The molecule has 2 heterocycles. The lowest BCUT2D eigenvalue weighted by atomic mass is 9.95. The molecule has 1 aliphatic rings. The second-order valence-electron chi connectivity index (χ2n) is 7.44. The number of hydrogen-bond acceptors (Lipinski definition) is 4. The van der Waals surface area contributed by atoms with Crippen molar-refractivity contribution in [3.63, 3.8) is 0 Å². The molecule has 2 aromatic heterocycles. The van der Waals surface area contributed by atoms with Gasteiger partial charge >= 0.3 is 0 Å². The lowest BCUT2D eigenvalue weighted by molar-refractivity contribution is 0.288. The van der Waals surface area contributed by atoms with E-state index < -0.39 is 0 Å². The minimum Gasteiger partial charge on any atom is -0.472 e. The number of rotatable bonds is 4. The van der Waals surface area contributed by atoms with Crippen molar-refractivity contribution < 1.29 is 4.74 Å². The number of halogens is 1. The zero-order valence-electron chi connectivity index (χ0n) is 16.3. The van der Waals surface area contributed by atoms with Gasteiger partial charge in [-0.25, -0.2) is 0 Å². The number of aromatic nitrogens is 3. The van der Waals surface area contributed by atoms with Gasteiger partial charge in [0.25, 0.3) is 0 Å². The molecular weight excluding hydrogens is 396 g/mol. The van der Waals surface area contributed by atoms with Crippen molar-refractivity contribution in [2.75, 3.05) is 0 Å². The number of nitrogens with zero attached hydrogens (tertiary/aromatic N) is 4. The van der Waals surface area contributed by atoms with E-state index in [0.29, 0.717) is 23.1 Å². The molecule has 0 aliphatic heterocycles. The molecule has 0 saturated heterocycles. The SMILES string of the molecule is N#Cc1ccc(COc2c3cnc4c(c3nn2-c2ccc(Cl)cc2)CCCC4)cc1. The van der Waals surface area contributed by atoms with E-state index in [1.165, 1.54) is 12.0 Å². The third-order valence-electron chi connectivity index (χ3n) is 5.48. The number of hydrogen-bond donors (Lipinski definition) is 0. The Balaban J connectivity index is 1.59. The topological polar surface area (TPSA) is 63.7 Å². The minimum atomic E-state index is 0.372. The highest BCUT2D eigenvalue weighted by Crippen LogP contribution is 2.34. The molecular formula is C24H19ClN4O. The van der Waals surface area contributed by atoms with Crippen molar-refractivity contribution in [3.05, 3.63) is 82.1 Å². The van der Waals surface area contributed by atoms with Crippen molar-refractivity contribution >= 4 is 22.5 Å². The quantitative estimate of drug-likeness (QED) is 0.448. The zero-order valence-corrected chi connectivity index (χ0v) is 17.1. The van der Waals surface area contributed by atoms with Crippen molar-refractivity contribution in [2.45, 2.75) is 32.3 Å². The highest BCUT2D eigenvalue weighted by molar-refractivity contribution is 6.30. The number of aryl methyl sites for hydroxylation is 2. The van der Waals surface area contributed by atoms with Gasteiger partial charge in [-0.3, -0.25) is 4.98 Å². The predicted octanol–water partition coefficient (Wildman–Crippen LogP) is 5.40. The first-order chi connectivity index (χ1) is 14.7. The Morgan fingerprint density at radius 2 is 1.80 bits per heavy atom. The van der Waals surface area contributed by atoms with E-state index in [4.69, 9.17) is 31.7 Å². The average molecular weight is 415 g/mol. The van der Waals surface area contributed by atoms with Crippen LogP contribution in [0.15, 0.2) is 54.7 Å². The largest absolute Gasteiger partial charge is 0.472 e. The summed E-state index contributed by atoms with van der Waals surface area (Å²) in [6.45, 7) is 0.372. The van der Waals surface area contributed by atoms with Crippen LogP contribution in [-0.2, 0) is 19.4 Å². The van der Waals surface area contributed by atoms with E-state index >= 15 is 0 Å². The maximum absolute atomic E-state index is 9.00. The van der Waals surface area contributed by atoms with Gasteiger partial charge in [-0.15, -0.1) is 0 Å². The number of ether oxygens (including phenoxy) is 1. The fourth-order valence-corrected chi connectivity index (χ4v) is 4.03. The minimum absolute atomic E-state index is 0.372. The maximum Gasteiger partial charge on any atom is 0.226 e. The molecule has 0 amide bonds. The van der Waals surface area contributed by atoms with Crippen molar-refractivity contribution in [1.29, 1.82) is 5.26 Å². The molecule has 0 radical (unpaired) electrons. The molecule has 0 saturated carbocycles. The number of fused-ring (bicyclic) bond motifs is 3. The summed E-state index contributed by atoms with van der Waals surface area (Å²) in [5, 5.41) is 15.5. The van der Waals surface area contributed by atoms with Crippen LogP contribution in [-0.4, -0.2) is 14.8 Å². The first kappa shape index (κ1) is 18.7. The Labute approximate surface area is 179 Å². The van der Waals surface area contributed by atoms with Crippen LogP contribution in [0.1, 0.15) is 35.2 Å². The Morgan fingerprint density at radius 1 is 1.03 bits per heavy atom. The molecule has 4 aromatic rings. The van der Waals surface area contributed by atoms with Crippen LogP contribution in [0.5, 0.6) is 5.88 Å². The fraction of sp³-hybridized carbons (Fsp3) is 0.208. The smallest absolute Gasteiger partial charge is 0.226 e. The number of benzene rings is 2. The normalized spacial score (nSPS) is 13.1. The van der Waals surface area contributed by atoms with E-state index in [1.54, 1.807) is 12.1 Å².